The van der Waals surface area contributed by atoms with Crippen molar-refractivity contribution in [2.45, 2.75) is 12.3 Å². The van der Waals surface area contributed by atoms with Gasteiger partial charge >= 0.3 is 0 Å². The van der Waals surface area contributed by atoms with E-state index >= 15 is 0 Å². The first-order valence-electron chi connectivity index (χ1n) is 5.51. The van der Waals surface area contributed by atoms with Crippen molar-refractivity contribution in [2.75, 3.05) is 0 Å². The van der Waals surface area contributed by atoms with E-state index < -0.39 is 0 Å². The van der Waals surface area contributed by atoms with Gasteiger partial charge in [-0.15, -0.1) is 11.6 Å². The first-order valence-corrected chi connectivity index (χ1v) is 7.68. The number of rotatable bonds is 2. The van der Waals surface area contributed by atoms with Crippen molar-refractivity contribution < 1.29 is 0 Å². The Morgan fingerprint density at radius 1 is 1.39 bits per heavy atom. The molecule has 1 unspecified atom stereocenters. The molecule has 2 nitrogen and oxygen atoms in total. The van der Waals surface area contributed by atoms with Crippen molar-refractivity contribution >= 4 is 49.9 Å². The summed E-state index contributed by atoms with van der Waals surface area (Å²) in [6.07, 6.45) is 0. The minimum absolute atomic E-state index is 0.129. The van der Waals surface area contributed by atoms with Crippen molar-refractivity contribution in [3.8, 4) is 5.69 Å². The molecule has 5 heteroatoms. The zero-order valence-electron chi connectivity index (χ0n) is 9.60. The minimum atomic E-state index is -0.129. The number of hydrogen-bond acceptors (Lipinski definition) is 2. The van der Waals surface area contributed by atoms with Gasteiger partial charge in [0, 0.05) is 9.85 Å². The van der Waals surface area contributed by atoms with Crippen molar-refractivity contribution in [2.24, 2.45) is 0 Å². The van der Waals surface area contributed by atoms with Crippen molar-refractivity contribution in [1.82, 2.24) is 9.55 Å². The Bertz CT molecular complexity index is 688. The third-order valence-corrected chi connectivity index (χ3v) is 4.12. The molecule has 0 N–H and O–H groups in total. The van der Waals surface area contributed by atoms with Gasteiger partial charge in [-0.05, 0) is 36.6 Å². The molecule has 0 aliphatic rings. The van der Waals surface area contributed by atoms with Crippen LogP contribution in [-0.4, -0.2) is 9.55 Å². The molecule has 92 valence electrons. The number of halogens is 2. The van der Waals surface area contributed by atoms with Gasteiger partial charge < -0.3 is 0 Å². The lowest BCUT2D eigenvalue weighted by Crippen LogP contribution is -2.00. The van der Waals surface area contributed by atoms with Gasteiger partial charge in [0.05, 0.1) is 22.1 Å². The number of hydrogen-bond donors (Lipinski definition) is 0. The third-order valence-electron chi connectivity index (χ3n) is 2.76. The maximum absolute atomic E-state index is 6.24. The molecule has 2 aromatic heterocycles. The molecule has 2 heterocycles. The van der Waals surface area contributed by atoms with Crippen LogP contribution < -0.4 is 0 Å². The molecule has 0 aliphatic heterocycles. The van der Waals surface area contributed by atoms with Crippen LogP contribution in [-0.2, 0) is 0 Å². The molecule has 3 rings (SSSR count). The van der Waals surface area contributed by atoms with E-state index in [2.05, 4.69) is 48.4 Å². The molecule has 3 aromatic rings. The quantitative estimate of drug-likeness (QED) is 0.589. The van der Waals surface area contributed by atoms with Crippen molar-refractivity contribution in [3.63, 3.8) is 0 Å². The number of nitrogens with zero attached hydrogens (tertiary/aromatic N) is 2. The smallest absolute Gasteiger partial charge is 0.132 e. The summed E-state index contributed by atoms with van der Waals surface area (Å²) in [6.45, 7) is 1.95. The molecule has 0 spiro atoms. The second kappa shape index (κ2) is 4.68. The Hall–Kier alpha value is -0.840. The molecule has 1 atom stereocenters. The fourth-order valence-electron chi connectivity index (χ4n) is 1.99. The Morgan fingerprint density at radius 2 is 2.22 bits per heavy atom. The monoisotopic (exact) mass is 340 g/mol. The SMILES string of the molecule is CC(Cl)c1nc2ccc(Br)cc2n1-c1ccsc1. The molecule has 0 saturated heterocycles. The summed E-state index contributed by atoms with van der Waals surface area (Å²) in [5, 5.41) is 4.03. The molecular weight excluding hydrogens is 332 g/mol. The highest BCUT2D eigenvalue weighted by molar-refractivity contribution is 9.10. The number of imidazole rings is 1. The molecule has 0 bridgehead atoms. The van der Waals surface area contributed by atoms with Crippen molar-refractivity contribution in [3.05, 3.63) is 45.3 Å². The number of alkyl halides is 1. The highest BCUT2D eigenvalue weighted by atomic mass is 79.9. The van der Waals surface area contributed by atoms with Crippen LogP contribution in [0.5, 0.6) is 0 Å². The fourth-order valence-corrected chi connectivity index (χ4v) is 3.11. The Balaban J connectivity index is 2.37. The fraction of sp³-hybridized carbons (Fsp3) is 0.154. The van der Waals surface area contributed by atoms with Gasteiger partial charge in [-0.3, -0.25) is 4.57 Å². The van der Waals surface area contributed by atoms with Crippen LogP contribution in [0.15, 0.2) is 39.5 Å². The molecule has 1 aromatic carbocycles. The predicted octanol–water partition coefficient (Wildman–Crippen LogP) is 5.15. The number of aromatic nitrogens is 2. The highest BCUT2D eigenvalue weighted by Crippen LogP contribution is 2.30. The van der Waals surface area contributed by atoms with Crippen LogP contribution in [0.1, 0.15) is 18.1 Å². The summed E-state index contributed by atoms with van der Waals surface area (Å²) >= 11 is 11.4. The van der Waals surface area contributed by atoms with Gasteiger partial charge in [-0.2, -0.15) is 11.3 Å². The Kier molecular flexibility index (Phi) is 3.18. The molecule has 0 aliphatic carbocycles. The van der Waals surface area contributed by atoms with Gasteiger partial charge in [0.1, 0.15) is 5.82 Å². The van der Waals surface area contributed by atoms with E-state index in [4.69, 9.17) is 11.6 Å². The van der Waals surface area contributed by atoms with Crippen LogP contribution in [0.3, 0.4) is 0 Å². The molecule has 0 fully saturated rings. The third kappa shape index (κ3) is 1.98. The summed E-state index contributed by atoms with van der Waals surface area (Å²) in [6, 6.07) is 8.15. The second-order valence-corrected chi connectivity index (χ2v) is 6.39. The van der Waals surface area contributed by atoms with E-state index in [-0.39, 0.29) is 5.38 Å². The summed E-state index contributed by atoms with van der Waals surface area (Å²) < 4.78 is 3.16. The summed E-state index contributed by atoms with van der Waals surface area (Å²) in [5.74, 6) is 0.878. The Labute approximate surface area is 122 Å². The topological polar surface area (TPSA) is 17.8 Å². The lowest BCUT2D eigenvalue weighted by Gasteiger charge is -2.08. The highest BCUT2D eigenvalue weighted by Gasteiger charge is 2.16. The van der Waals surface area contributed by atoms with E-state index in [0.717, 1.165) is 27.0 Å². The van der Waals surface area contributed by atoms with E-state index in [0.29, 0.717) is 0 Å². The zero-order chi connectivity index (χ0) is 12.7. The first-order chi connectivity index (χ1) is 8.66. The van der Waals surface area contributed by atoms with Crippen molar-refractivity contribution in [1.29, 1.82) is 0 Å². The summed E-state index contributed by atoms with van der Waals surface area (Å²) in [7, 11) is 0. The Morgan fingerprint density at radius 3 is 2.89 bits per heavy atom. The first kappa shape index (κ1) is 12.2. The normalized spacial score (nSPS) is 13.1. The summed E-state index contributed by atoms with van der Waals surface area (Å²) in [5.41, 5.74) is 3.15. The summed E-state index contributed by atoms with van der Waals surface area (Å²) in [4.78, 5) is 4.62. The van der Waals surface area contributed by atoms with E-state index in [9.17, 15) is 0 Å². The van der Waals surface area contributed by atoms with E-state index in [1.54, 1.807) is 11.3 Å². The molecule has 0 saturated carbocycles. The number of thiophene rings is 1. The number of benzene rings is 1. The minimum Gasteiger partial charge on any atom is -0.294 e. The van der Waals surface area contributed by atoms with Gasteiger partial charge in [0.15, 0.2) is 0 Å². The zero-order valence-corrected chi connectivity index (χ0v) is 12.8. The average molecular weight is 342 g/mol. The maximum Gasteiger partial charge on any atom is 0.132 e. The van der Waals surface area contributed by atoms with Crippen LogP contribution >= 0.6 is 38.9 Å². The lowest BCUT2D eigenvalue weighted by molar-refractivity contribution is 0.885. The van der Waals surface area contributed by atoms with E-state index in [1.165, 1.54) is 0 Å². The van der Waals surface area contributed by atoms with E-state index in [1.807, 2.05) is 19.1 Å². The molecule has 18 heavy (non-hydrogen) atoms. The van der Waals surface area contributed by atoms with Crippen LogP contribution in [0, 0.1) is 0 Å². The predicted molar refractivity (Wildman–Crippen MR) is 80.9 cm³/mol. The van der Waals surface area contributed by atoms with Crippen LogP contribution in [0.2, 0.25) is 0 Å². The van der Waals surface area contributed by atoms with Gasteiger partial charge in [0.25, 0.3) is 0 Å². The molecule has 0 amide bonds. The molecular formula is C13H10BrClN2S. The molecule has 0 radical (unpaired) electrons. The maximum atomic E-state index is 6.24. The lowest BCUT2D eigenvalue weighted by atomic mass is 10.3. The van der Waals surface area contributed by atoms with Crippen LogP contribution in [0.25, 0.3) is 16.7 Å². The second-order valence-electron chi connectivity index (χ2n) is 4.04. The van der Waals surface area contributed by atoms with Gasteiger partial charge in [-0.25, -0.2) is 4.98 Å². The number of fused-ring (bicyclic) bond motifs is 1. The van der Waals surface area contributed by atoms with Gasteiger partial charge in [-0.1, -0.05) is 15.9 Å². The average Bonchev–Trinajstić information content (AvgIpc) is 2.93. The van der Waals surface area contributed by atoms with Gasteiger partial charge in [0.2, 0.25) is 0 Å². The largest absolute Gasteiger partial charge is 0.294 e. The standard InChI is InChI=1S/C13H10BrClN2S/c1-8(15)13-16-11-3-2-9(14)6-12(11)17(13)10-4-5-18-7-10/h2-8H,1H3. The van der Waals surface area contributed by atoms with Crippen LogP contribution in [0.4, 0.5) is 0 Å².